The second-order valence-corrected chi connectivity index (χ2v) is 8.49. The molecular weight excluding hydrogens is 380 g/mol. The van der Waals surface area contributed by atoms with Crippen LogP contribution in [0.3, 0.4) is 0 Å². The van der Waals surface area contributed by atoms with Crippen molar-refractivity contribution in [2.45, 2.75) is 46.1 Å². The Morgan fingerprint density at radius 1 is 1.10 bits per heavy atom. The van der Waals surface area contributed by atoms with E-state index >= 15 is 0 Å². The van der Waals surface area contributed by atoms with Gasteiger partial charge in [-0.25, -0.2) is 0 Å². The molecule has 0 aromatic heterocycles. The van der Waals surface area contributed by atoms with Gasteiger partial charge >= 0.3 is 0 Å². The molecule has 0 fully saturated rings. The van der Waals surface area contributed by atoms with Crippen molar-refractivity contribution in [3.05, 3.63) is 53.1 Å². The predicted molar refractivity (Wildman–Crippen MR) is 115 cm³/mol. The molecule has 6 heteroatoms. The molecule has 2 aliphatic heterocycles. The average Bonchev–Trinajstić information content (AvgIpc) is 3.12. The zero-order chi connectivity index (χ0) is 21.6. The summed E-state index contributed by atoms with van der Waals surface area (Å²) in [7, 11) is 0. The summed E-state index contributed by atoms with van der Waals surface area (Å²) < 4.78 is 5.89. The summed E-state index contributed by atoms with van der Waals surface area (Å²) in [6.45, 7) is 7.88. The van der Waals surface area contributed by atoms with Gasteiger partial charge in [0.05, 0.1) is 5.69 Å². The summed E-state index contributed by atoms with van der Waals surface area (Å²) in [4.78, 5) is 41.0. The number of carbonyl (C=O) groups is 3. The maximum Gasteiger partial charge on any atom is 0.270 e. The lowest BCUT2D eigenvalue weighted by Gasteiger charge is -2.39. The van der Waals surface area contributed by atoms with Crippen LogP contribution in [-0.4, -0.2) is 36.3 Å². The fourth-order valence-electron chi connectivity index (χ4n) is 4.12. The number of ketones is 1. The summed E-state index contributed by atoms with van der Waals surface area (Å²) in [5.74, 6) is 0.489. The summed E-state index contributed by atoms with van der Waals surface area (Å²) in [6.07, 6.45) is 0.941. The Balaban J connectivity index is 1.53. The molecule has 6 nitrogen and oxygen atoms in total. The minimum atomic E-state index is -0.978. The summed E-state index contributed by atoms with van der Waals surface area (Å²) in [5.41, 5.74) is 3.29. The molecular formula is C24H26N2O4. The number of anilines is 2. The van der Waals surface area contributed by atoms with Gasteiger partial charge in [-0.3, -0.25) is 14.4 Å². The largest absolute Gasteiger partial charge is 0.476 e. The van der Waals surface area contributed by atoms with Gasteiger partial charge in [-0.15, -0.1) is 0 Å². The van der Waals surface area contributed by atoms with Gasteiger partial charge in [0.2, 0.25) is 5.91 Å². The normalized spacial score (nSPS) is 16.7. The number of rotatable bonds is 4. The lowest BCUT2D eigenvalue weighted by Crippen LogP contribution is -2.53. The van der Waals surface area contributed by atoms with Crippen molar-refractivity contribution >= 4 is 29.0 Å². The molecule has 2 heterocycles. The third-order valence-corrected chi connectivity index (χ3v) is 5.76. The van der Waals surface area contributed by atoms with Crippen molar-refractivity contribution in [2.24, 2.45) is 0 Å². The Labute approximate surface area is 176 Å². The van der Waals surface area contributed by atoms with Crippen LogP contribution in [0.2, 0.25) is 0 Å². The summed E-state index contributed by atoms with van der Waals surface area (Å²) in [6, 6.07) is 11.2. The first-order valence-electron chi connectivity index (χ1n) is 10.2. The number of nitrogens with zero attached hydrogens (tertiary/aromatic N) is 2. The number of hydrogen-bond donors (Lipinski definition) is 0. The predicted octanol–water partition coefficient (Wildman–Crippen LogP) is 3.68. The van der Waals surface area contributed by atoms with Gasteiger partial charge in [-0.2, -0.15) is 0 Å². The Kier molecular flexibility index (Phi) is 4.88. The SMILES string of the molecule is CC(=O)c1ccc2c(c1)CCN2C(=O)CCN1C(=O)C(C)(C)Oc2ccc(C)cc21. The molecule has 0 atom stereocenters. The third-order valence-electron chi connectivity index (χ3n) is 5.76. The minimum Gasteiger partial charge on any atom is -0.476 e. The molecule has 30 heavy (non-hydrogen) atoms. The van der Waals surface area contributed by atoms with E-state index in [4.69, 9.17) is 4.74 Å². The maximum atomic E-state index is 13.0. The summed E-state index contributed by atoms with van der Waals surface area (Å²) in [5, 5.41) is 0. The van der Waals surface area contributed by atoms with Crippen LogP contribution >= 0.6 is 0 Å². The number of carbonyl (C=O) groups excluding carboxylic acids is 3. The van der Waals surface area contributed by atoms with Crippen molar-refractivity contribution in [2.75, 3.05) is 22.9 Å². The number of ether oxygens (including phenoxy) is 1. The molecule has 2 amide bonds. The van der Waals surface area contributed by atoms with E-state index in [2.05, 4.69) is 0 Å². The van der Waals surface area contributed by atoms with E-state index in [1.165, 1.54) is 0 Å². The molecule has 0 N–H and O–H groups in total. The van der Waals surface area contributed by atoms with E-state index < -0.39 is 5.60 Å². The second kappa shape index (κ2) is 7.27. The summed E-state index contributed by atoms with van der Waals surface area (Å²) >= 11 is 0. The lowest BCUT2D eigenvalue weighted by molar-refractivity contribution is -0.132. The van der Waals surface area contributed by atoms with Crippen LogP contribution in [0.15, 0.2) is 36.4 Å². The number of hydrogen-bond acceptors (Lipinski definition) is 4. The third kappa shape index (κ3) is 3.47. The highest BCUT2D eigenvalue weighted by molar-refractivity contribution is 6.04. The second-order valence-electron chi connectivity index (χ2n) is 8.49. The smallest absolute Gasteiger partial charge is 0.270 e. The highest BCUT2D eigenvalue weighted by Gasteiger charge is 2.41. The lowest BCUT2D eigenvalue weighted by atomic mass is 10.0. The van der Waals surface area contributed by atoms with E-state index in [1.807, 2.05) is 37.3 Å². The first-order chi connectivity index (χ1) is 14.2. The highest BCUT2D eigenvalue weighted by Crippen LogP contribution is 2.38. The van der Waals surface area contributed by atoms with E-state index in [-0.39, 0.29) is 30.6 Å². The van der Waals surface area contributed by atoms with Gasteiger partial charge < -0.3 is 14.5 Å². The monoisotopic (exact) mass is 406 g/mol. The fraction of sp³-hybridized carbons (Fsp3) is 0.375. The number of Topliss-reactive ketones (excluding diaryl/α,β-unsaturated/α-hetero) is 1. The van der Waals surface area contributed by atoms with Crippen LogP contribution in [0.25, 0.3) is 0 Å². The van der Waals surface area contributed by atoms with Crippen molar-refractivity contribution in [3.8, 4) is 5.75 Å². The van der Waals surface area contributed by atoms with E-state index in [9.17, 15) is 14.4 Å². The molecule has 0 aliphatic carbocycles. The Morgan fingerprint density at radius 3 is 2.60 bits per heavy atom. The molecule has 0 bridgehead atoms. The molecule has 2 aliphatic rings. The topological polar surface area (TPSA) is 66.9 Å². The number of aryl methyl sites for hydroxylation is 1. The zero-order valence-corrected chi connectivity index (χ0v) is 17.8. The minimum absolute atomic E-state index is 0.0185. The van der Waals surface area contributed by atoms with Gasteiger partial charge in [0, 0.05) is 30.8 Å². The van der Waals surface area contributed by atoms with Gasteiger partial charge in [-0.05, 0) is 75.6 Å². The molecule has 0 saturated heterocycles. The molecule has 2 aromatic carbocycles. The highest BCUT2D eigenvalue weighted by atomic mass is 16.5. The molecule has 4 rings (SSSR count). The van der Waals surface area contributed by atoms with Crippen molar-refractivity contribution in [1.29, 1.82) is 0 Å². The van der Waals surface area contributed by atoms with E-state index in [0.29, 0.717) is 23.5 Å². The van der Waals surface area contributed by atoms with Crippen LogP contribution in [0.4, 0.5) is 11.4 Å². The van der Waals surface area contributed by atoms with Crippen molar-refractivity contribution in [3.63, 3.8) is 0 Å². The Hall–Kier alpha value is -3.15. The van der Waals surface area contributed by atoms with E-state index in [0.717, 1.165) is 23.2 Å². The molecule has 0 saturated carbocycles. The van der Waals surface area contributed by atoms with Gasteiger partial charge in [-0.1, -0.05) is 6.07 Å². The Bertz CT molecular complexity index is 1060. The van der Waals surface area contributed by atoms with Crippen LogP contribution < -0.4 is 14.5 Å². The quantitative estimate of drug-likeness (QED) is 0.727. The van der Waals surface area contributed by atoms with Gasteiger partial charge in [0.1, 0.15) is 5.75 Å². The van der Waals surface area contributed by atoms with Crippen LogP contribution in [-0.2, 0) is 16.0 Å². The van der Waals surface area contributed by atoms with Crippen molar-refractivity contribution in [1.82, 2.24) is 0 Å². The van der Waals surface area contributed by atoms with Crippen molar-refractivity contribution < 1.29 is 19.1 Å². The fourth-order valence-corrected chi connectivity index (χ4v) is 4.12. The number of amides is 2. The zero-order valence-electron chi connectivity index (χ0n) is 17.8. The Morgan fingerprint density at radius 2 is 1.87 bits per heavy atom. The van der Waals surface area contributed by atoms with Crippen LogP contribution in [0.5, 0.6) is 5.75 Å². The number of benzene rings is 2. The molecule has 0 radical (unpaired) electrons. The molecule has 0 unspecified atom stereocenters. The maximum absolute atomic E-state index is 13.0. The first-order valence-corrected chi connectivity index (χ1v) is 10.2. The molecule has 2 aromatic rings. The standard InChI is InChI=1S/C24H26N2O4/c1-15-5-8-21-20(13-15)26(23(29)24(3,4)30-21)12-10-22(28)25-11-9-18-14-17(16(2)27)6-7-19(18)25/h5-8,13-14H,9-12H2,1-4H3. The number of fused-ring (bicyclic) bond motifs is 2. The van der Waals surface area contributed by atoms with E-state index in [1.54, 1.807) is 36.6 Å². The molecule has 0 spiro atoms. The van der Waals surface area contributed by atoms with Crippen LogP contribution in [0, 0.1) is 6.92 Å². The molecule has 156 valence electrons. The van der Waals surface area contributed by atoms with Crippen LogP contribution in [0.1, 0.15) is 48.7 Å². The van der Waals surface area contributed by atoms with Gasteiger partial charge in [0.15, 0.2) is 11.4 Å². The average molecular weight is 406 g/mol. The van der Waals surface area contributed by atoms with Gasteiger partial charge in [0.25, 0.3) is 5.91 Å². The first kappa shape index (κ1) is 20.1.